The molecule has 1 unspecified atom stereocenters. The minimum Gasteiger partial charge on any atom is -0.291 e. The van der Waals surface area contributed by atoms with E-state index < -0.39 is 29.6 Å². The first kappa shape index (κ1) is 22.2. The monoisotopic (exact) mass is 508 g/mol. The Balaban J connectivity index is 1.72. The number of aromatic nitrogens is 5. The van der Waals surface area contributed by atoms with Gasteiger partial charge in [0.2, 0.25) is 5.95 Å². The Kier molecular flexibility index (Phi) is 6.18. The van der Waals surface area contributed by atoms with Gasteiger partial charge in [0, 0.05) is 5.02 Å². The van der Waals surface area contributed by atoms with Gasteiger partial charge in [-0.2, -0.15) is 18.3 Å². The average molecular weight is 510 g/mol. The SMILES string of the molecule is Cc1c(Br)c(C(F)(F)F)nn1C(C)C(=O)Nc1ncn(Cc2ccc(F)cc2Cl)n1. The van der Waals surface area contributed by atoms with E-state index in [9.17, 15) is 22.4 Å². The molecule has 0 bridgehead atoms. The predicted octanol–water partition coefficient (Wildman–Crippen LogP) is 4.60. The predicted molar refractivity (Wildman–Crippen MR) is 104 cm³/mol. The normalized spacial score (nSPS) is 12.8. The highest BCUT2D eigenvalue weighted by atomic mass is 79.9. The van der Waals surface area contributed by atoms with Crippen LogP contribution in [0.5, 0.6) is 0 Å². The van der Waals surface area contributed by atoms with Gasteiger partial charge in [-0.25, -0.2) is 14.1 Å². The van der Waals surface area contributed by atoms with E-state index in [0.717, 1.165) is 10.7 Å². The summed E-state index contributed by atoms with van der Waals surface area (Å²) in [5.41, 5.74) is -0.376. The minimum absolute atomic E-state index is 0.0509. The summed E-state index contributed by atoms with van der Waals surface area (Å²) >= 11 is 8.85. The molecule has 0 spiro atoms. The van der Waals surface area contributed by atoms with Crippen molar-refractivity contribution >= 4 is 39.4 Å². The molecule has 3 aromatic rings. The molecule has 1 atom stereocenters. The van der Waals surface area contributed by atoms with Crippen LogP contribution in [0.25, 0.3) is 0 Å². The van der Waals surface area contributed by atoms with E-state index in [4.69, 9.17) is 11.6 Å². The highest BCUT2D eigenvalue weighted by molar-refractivity contribution is 9.10. The zero-order valence-corrected chi connectivity index (χ0v) is 17.8. The van der Waals surface area contributed by atoms with Gasteiger partial charge in [0.05, 0.1) is 16.7 Å². The van der Waals surface area contributed by atoms with Crippen molar-refractivity contribution in [1.29, 1.82) is 0 Å². The molecule has 1 N–H and O–H groups in total. The molecule has 1 amide bonds. The molecule has 2 aromatic heterocycles. The van der Waals surface area contributed by atoms with Crippen LogP contribution in [-0.4, -0.2) is 30.5 Å². The van der Waals surface area contributed by atoms with Crippen molar-refractivity contribution in [3.05, 3.63) is 56.8 Å². The molecule has 13 heteroatoms. The van der Waals surface area contributed by atoms with Gasteiger partial charge in [0.25, 0.3) is 5.91 Å². The van der Waals surface area contributed by atoms with Crippen molar-refractivity contribution in [3.63, 3.8) is 0 Å². The van der Waals surface area contributed by atoms with Crippen LogP contribution in [0, 0.1) is 12.7 Å². The number of carbonyl (C=O) groups excluding carboxylic acids is 1. The Morgan fingerprint density at radius 2 is 2.03 bits per heavy atom. The van der Waals surface area contributed by atoms with Gasteiger partial charge in [-0.15, -0.1) is 5.10 Å². The lowest BCUT2D eigenvalue weighted by molar-refractivity contribution is -0.142. The van der Waals surface area contributed by atoms with Gasteiger partial charge in [-0.05, 0) is 47.5 Å². The van der Waals surface area contributed by atoms with E-state index in [1.54, 1.807) is 0 Å². The summed E-state index contributed by atoms with van der Waals surface area (Å²) in [5.74, 6) is -1.18. The second kappa shape index (κ2) is 8.34. The van der Waals surface area contributed by atoms with Gasteiger partial charge < -0.3 is 0 Å². The third kappa shape index (κ3) is 4.64. The number of nitrogens with one attached hydrogen (secondary N) is 1. The lowest BCUT2D eigenvalue weighted by atomic mass is 10.2. The summed E-state index contributed by atoms with van der Waals surface area (Å²) in [4.78, 5) is 16.4. The maximum atomic E-state index is 13.1. The Labute approximate surface area is 181 Å². The first-order valence-electron chi connectivity index (χ1n) is 8.43. The summed E-state index contributed by atoms with van der Waals surface area (Å²) < 4.78 is 54.3. The molecule has 0 saturated heterocycles. The number of benzene rings is 1. The molecule has 2 heterocycles. The molecular formula is C17H14BrClF4N6O. The zero-order chi connectivity index (χ0) is 22.2. The lowest BCUT2D eigenvalue weighted by Gasteiger charge is -2.13. The topological polar surface area (TPSA) is 77.6 Å². The number of hydrogen-bond acceptors (Lipinski definition) is 4. The molecule has 160 valence electrons. The second-order valence-electron chi connectivity index (χ2n) is 6.36. The van der Waals surface area contributed by atoms with Crippen LogP contribution < -0.4 is 5.32 Å². The number of rotatable bonds is 5. The van der Waals surface area contributed by atoms with E-state index in [1.165, 1.54) is 37.0 Å². The Morgan fingerprint density at radius 3 is 2.63 bits per heavy atom. The number of halogens is 6. The van der Waals surface area contributed by atoms with Crippen LogP contribution in [0.4, 0.5) is 23.5 Å². The quantitative estimate of drug-likeness (QED) is 0.510. The van der Waals surface area contributed by atoms with E-state index in [2.05, 4.69) is 36.4 Å². The summed E-state index contributed by atoms with van der Waals surface area (Å²) in [5, 5.41) is 10.2. The van der Waals surface area contributed by atoms with Gasteiger partial charge in [-0.1, -0.05) is 17.7 Å². The zero-order valence-electron chi connectivity index (χ0n) is 15.5. The molecule has 0 aliphatic heterocycles. The highest BCUT2D eigenvalue weighted by Gasteiger charge is 2.39. The highest BCUT2D eigenvalue weighted by Crippen LogP contribution is 2.36. The molecular weight excluding hydrogens is 496 g/mol. The van der Waals surface area contributed by atoms with Gasteiger partial charge in [0.15, 0.2) is 5.69 Å². The number of amides is 1. The maximum absolute atomic E-state index is 13.1. The largest absolute Gasteiger partial charge is 0.436 e. The van der Waals surface area contributed by atoms with Crippen LogP contribution in [0.3, 0.4) is 0 Å². The smallest absolute Gasteiger partial charge is 0.291 e. The molecule has 7 nitrogen and oxygen atoms in total. The summed E-state index contributed by atoms with van der Waals surface area (Å²) in [7, 11) is 0. The minimum atomic E-state index is -4.66. The summed E-state index contributed by atoms with van der Waals surface area (Å²) in [6, 6.07) is 2.85. The van der Waals surface area contributed by atoms with Crippen LogP contribution in [0.15, 0.2) is 29.0 Å². The van der Waals surface area contributed by atoms with Crippen LogP contribution >= 0.6 is 27.5 Å². The van der Waals surface area contributed by atoms with E-state index in [-0.39, 0.29) is 27.7 Å². The Bertz CT molecular complexity index is 1100. The first-order valence-corrected chi connectivity index (χ1v) is 9.60. The Hall–Kier alpha value is -2.47. The fraction of sp³-hybridized carbons (Fsp3) is 0.294. The molecule has 0 aliphatic carbocycles. The van der Waals surface area contributed by atoms with E-state index in [0.29, 0.717) is 5.56 Å². The molecule has 0 radical (unpaired) electrons. The van der Waals surface area contributed by atoms with Crippen molar-refractivity contribution < 1.29 is 22.4 Å². The van der Waals surface area contributed by atoms with Crippen LogP contribution in [0.1, 0.15) is 29.9 Å². The van der Waals surface area contributed by atoms with Crippen molar-refractivity contribution in [2.75, 3.05) is 5.32 Å². The molecule has 0 fully saturated rings. The Morgan fingerprint density at radius 1 is 1.33 bits per heavy atom. The van der Waals surface area contributed by atoms with Crippen LogP contribution in [-0.2, 0) is 17.5 Å². The van der Waals surface area contributed by atoms with Gasteiger partial charge >= 0.3 is 6.18 Å². The van der Waals surface area contributed by atoms with Crippen molar-refractivity contribution in [2.24, 2.45) is 0 Å². The van der Waals surface area contributed by atoms with E-state index in [1.807, 2.05) is 0 Å². The molecule has 30 heavy (non-hydrogen) atoms. The van der Waals surface area contributed by atoms with Gasteiger partial charge in [-0.3, -0.25) is 14.8 Å². The molecule has 3 rings (SSSR count). The third-order valence-corrected chi connectivity index (χ3v) is 5.51. The second-order valence-corrected chi connectivity index (χ2v) is 7.56. The number of carbonyl (C=O) groups is 1. The van der Waals surface area contributed by atoms with Crippen LogP contribution in [0.2, 0.25) is 5.02 Å². The number of alkyl halides is 3. The lowest BCUT2D eigenvalue weighted by Crippen LogP contribution is -2.26. The average Bonchev–Trinajstić information content (AvgIpc) is 3.21. The third-order valence-electron chi connectivity index (χ3n) is 4.21. The van der Waals surface area contributed by atoms with Crippen molar-refractivity contribution in [2.45, 2.75) is 32.6 Å². The molecule has 0 saturated carbocycles. The standard InChI is InChI=1S/C17H14BrClF4N6O/c1-8-13(18)14(17(21,22)23)26-29(8)9(2)15(30)25-16-24-7-28(27-16)6-10-3-4-11(20)5-12(10)19/h3-5,7,9H,6H2,1-2H3,(H,25,27,30). The van der Waals surface area contributed by atoms with Crippen molar-refractivity contribution in [3.8, 4) is 0 Å². The fourth-order valence-electron chi connectivity index (χ4n) is 2.64. The van der Waals surface area contributed by atoms with Crippen molar-refractivity contribution in [1.82, 2.24) is 24.5 Å². The number of nitrogens with zero attached hydrogens (tertiary/aromatic N) is 5. The first-order chi connectivity index (χ1) is 14.0. The summed E-state index contributed by atoms with van der Waals surface area (Å²) in [6.07, 6.45) is -3.33. The van der Waals surface area contributed by atoms with Gasteiger partial charge in [0.1, 0.15) is 18.2 Å². The molecule has 0 aliphatic rings. The number of hydrogen-bond donors (Lipinski definition) is 1. The number of anilines is 1. The molecule has 1 aromatic carbocycles. The fourth-order valence-corrected chi connectivity index (χ4v) is 3.35. The van der Waals surface area contributed by atoms with E-state index >= 15 is 0 Å². The maximum Gasteiger partial charge on any atom is 0.436 e. The summed E-state index contributed by atoms with van der Waals surface area (Å²) in [6.45, 7) is 2.99.